The van der Waals surface area contributed by atoms with E-state index in [1.165, 1.54) is 5.69 Å². The molecule has 0 aliphatic rings. The Hall–Kier alpha value is -1.32. The first kappa shape index (κ1) is 14.1. The Kier molecular flexibility index (Phi) is 4.27. The lowest BCUT2D eigenvalue weighted by molar-refractivity contribution is 0.586. The monoisotopic (exact) mass is 277 g/mol. The quantitative estimate of drug-likeness (QED) is 0.931. The second-order valence-corrected chi connectivity index (χ2v) is 5.34. The van der Waals surface area contributed by atoms with Crippen molar-refractivity contribution in [1.29, 1.82) is 0 Å². The molecule has 3 nitrogen and oxygen atoms in total. The van der Waals surface area contributed by atoms with Gasteiger partial charge in [-0.3, -0.25) is 4.68 Å². The number of hydrogen-bond acceptors (Lipinski definition) is 2. The minimum absolute atomic E-state index is 0.0290. The van der Waals surface area contributed by atoms with Gasteiger partial charge < -0.3 is 5.73 Å². The van der Waals surface area contributed by atoms with Crippen molar-refractivity contribution in [1.82, 2.24) is 9.78 Å². The second kappa shape index (κ2) is 5.76. The summed E-state index contributed by atoms with van der Waals surface area (Å²) in [5.74, 6) is 0. The lowest BCUT2D eigenvalue weighted by Crippen LogP contribution is -2.17. The van der Waals surface area contributed by atoms with Crippen molar-refractivity contribution in [3.8, 4) is 0 Å². The number of nitrogens with two attached hydrogens (primary N) is 1. The molecule has 0 radical (unpaired) electrons. The lowest BCUT2D eigenvalue weighted by atomic mass is 9.98. The number of halogens is 1. The number of hydrogen-bond donors (Lipinski definition) is 1. The highest BCUT2D eigenvalue weighted by atomic mass is 35.5. The van der Waals surface area contributed by atoms with Crippen molar-refractivity contribution in [2.75, 3.05) is 0 Å². The highest BCUT2D eigenvalue weighted by Gasteiger charge is 2.13. The first-order chi connectivity index (χ1) is 9.01. The van der Waals surface area contributed by atoms with E-state index in [1.807, 2.05) is 36.7 Å². The van der Waals surface area contributed by atoms with Crippen molar-refractivity contribution in [3.05, 3.63) is 51.8 Å². The van der Waals surface area contributed by atoms with E-state index < -0.39 is 0 Å². The molecule has 0 saturated heterocycles. The molecule has 0 spiro atoms. The molecule has 1 heterocycles. The summed E-state index contributed by atoms with van der Waals surface area (Å²) in [6.07, 6.45) is 0.789. The van der Waals surface area contributed by atoms with Crippen LogP contribution >= 0.6 is 11.6 Å². The Morgan fingerprint density at radius 1 is 1.32 bits per heavy atom. The average molecular weight is 278 g/mol. The number of nitrogens with zero attached hydrogens (tertiary/aromatic N) is 2. The van der Waals surface area contributed by atoms with Crippen LogP contribution in [-0.4, -0.2) is 9.78 Å². The normalized spacial score (nSPS) is 12.7. The van der Waals surface area contributed by atoms with E-state index in [0.29, 0.717) is 0 Å². The summed E-state index contributed by atoms with van der Waals surface area (Å²) in [4.78, 5) is 0. The first-order valence-corrected chi connectivity index (χ1v) is 6.94. The summed E-state index contributed by atoms with van der Waals surface area (Å²) >= 11 is 5.98. The van der Waals surface area contributed by atoms with Crippen LogP contribution in [0.2, 0.25) is 5.02 Å². The van der Waals surface area contributed by atoms with Crippen LogP contribution < -0.4 is 5.73 Å². The van der Waals surface area contributed by atoms with E-state index in [-0.39, 0.29) is 6.04 Å². The summed E-state index contributed by atoms with van der Waals surface area (Å²) in [6.45, 7) is 7.02. The van der Waals surface area contributed by atoms with E-state index in [2.05, 4.69) is 18.1 Å². The lowest BCUT2D eigenvalue weighted by Gasteiger charge is -2.15. The predicted molar refractivity (Wildman–Crippen MR) is 79.5 cm³/mol. The minimum atomic E-state index is -0.0290. The highest BCUT2D eigenvalue weighted by molar-refractivity contribution is 6.30. The fourth-order valence-corrected chi connectivity index (χ4v) is 2.65. The third kappa shape index (κ3) is 3.17. The molecule has 0 aliphatic carbocycles. The van der Waals surface area contributed by atoms with Gasteiger partial charge in [0.15, 0.2) is 0 Å². The van der Waals surface area contributed by atoms with E-state index in [1.54, 1.807) is 0 Å². The number of aryl methyl sites for hydroxylation is 3. The van der Waals surface area contributed by atoms with Crippen LogP contribution in [-0.2, 0) is 13.0 Å². The topological polar surface area (TPSA) is 43.8 Å². The molecule has 4 heteroatoms. The summed E-state index contributed by atoms with van der Waals surface area (Å²) in [5, 5.41) is 5.21. The third-order valence-corrected chi connectivity index (χ3v) is 3.58. The molecule has 0 bridgehead atoms. The third-order valence-electron chi connectivity index (χ3n) is 3.35. The van der Waals surface area contributed by atoms with Crippen molar-refractivity contribution >= 4 is 11.6 Å². The number of aromatic nitrogens is 2. The van der Waals surface area contributed by atoms with Gasteiger partial charge in [0.05, 0.1) is 5.69 Å². The fraction of sp³-hybridized carbons (Fsp3) is 0.400. The molecule has 102 valence electrons. The minimum Gasteiger partial charge on any atom is -0.324 e. The zero-order valence-electron chi connectivity index (χ0n) is 11.7. The van der Waals surface area contributed by atoms with E-state index in [9.17, 15) is 0 Å². The van der Waals surface area contributed by atoms with Crippen molar-refractivity contribution in [2.45, 2.75) is 39.8 Å². The van der Waals surface area contributed by atoms with Crippen molar-refractivity contribution in [2.24, 2.45) is 5.73 Å². The van der Waals surface area contributed by atoms with Gasteiger partial charge in [-0.1, -0.05) is 17.7 Å². The highest BCUT2D eigenvalue weighted by Crippen LogP contribution is 2.23. The molecule has 0 saturated carbocycles. The molecule has 1 aromatic carbocycles. The van der Waals surface area contributed by atoms with Crippen LogP contribution in [0.3, 0.4) is 0 Å². The van der Waals surface area contributed by atoms with Gasteiger partial charge in [0.1, 0.15) is 0 Å². The van der Waals surface area contributed by atoms with E-state index in [4.69, 9.17) is 17.3 Å². The number of rotatable bonds is 4. The summed E-state index contributed by atoms with van der Waals surface area (Å²) < 4.78 is 2.01. The van der Waals surface area contributed by atoms with Crippen molar-refractivity contribution < 1.29 is 0 Å². The zero-order valence-corrected chi connectivity index (χ0v) is 12.4. The molecule has 1 atom stereocenters. The maximum absolute atomic E-state index is 6.33. The summed E-state index contributed by atoms with van der Waals surface area (Å²) in [5.41, 5.74) is 10.8. The molecule has 1 aromatic heterocycles. The molecule has 19 heavy (non-hydrogen) atoms. The van der Waals surface area contributed by atoms with Gasteiger partial charge in [0, 0.05) is 29.7 Å². The zero-order chi connectivity index (χ0) is 14.0. The van der Waals surface area contributed by atoms with Gasteiger partial charge >= 0.3 is 0 Å². The first-order valence-electron chi connectivity index (χ1n) is 6.56. The van der Waals surface area contributed by atoms with E-state index >= 15 is 0 Å². The van der Waals surface area contributed by atoms with E-state index in [0.717, 1.165) is 34.8 Å². The Morgan fingerprint density at radius 2 is 2.05 bits per heavy atom. The van der Waals surface area contributed by atoms with Gasteiger partial charge in [0.25, 0.3) is 0 Å². The van der Waals surface area contributed by atoms with Crippen molar-refractivity contribution in [3.63, 3.8) is 0 Å². The Bertz CT molecular complexity index is 575. The Morgan fingerprint density at radius 3 is 2.68 bits per heavy atom. The fourth-order valence-electron chi connectivity index (χ4n) is 2.43. The Labute approximate surface area is 119 Å². The summed E-state index contributed by atoms with van der Waals surface area (Å²) in [6, 6.07) is 7.94. The van der Waals surface area contributed by atoms with Crippen LogP contribution in [0.25, 0.3) is 0 Å². The van der Waals surface area contributed by atoms with Gasteiger partial charge in [-0.2, -0.15) is 5.10 Å². The largest absolute Gasteiger partial charge is 0.324 e. The smallest absolute Gasteiger partial charge is 0.0596 e. The predicted octanol–water partition coefficient (Wildman–Crippen LogP) is 3.42. The second-order valence-electron chi connectivity index (χ2n) is 4.90. The molecule has 2 aromatic rings. The Balaban J connectivity index is 2.22. The number of benzene rings is 1. The van der Waals surface area contributed by atoms with Gasteiger partial charge in [-0.05, 0) is 50.1 Å². The maximum Gasteiger partial charge on any atom is 0.0596 e. The molecule has 2 rings (SSSR count). The van der Waals surface area contributed by atoms with Crippen LogP contribution in [0.5, 0.6) is 0 Å². The standard InChI is InChI=1S/C15H20ClN3/c1-4-19-13(8-11(3)18-19)9-15(17)14-6-5-12(16)7-10(14)2/h5-8,15H,4,9,17H2,1-3H3. The van der Waals surface area contributed by atoms with Gasteiger partial charge in [-0.15, -0.1) is 0 Å². The van der Waals surface area contributed by atoms with Crippen LogP contribution in [0.1, 0.15) is 35.5 Å². The SMILES string of the molecule is CCn1nc(C)cc1CC(N)c1ccc(Cl)cc1C. The summed E-state index contributed by atoms with van der Waals surface area (Å²) in [7, 11) is 0. The van der Waals surface area contributed by atoms with Gasteiger partial charge in [-0.25, -0.2) is 0 Å². The molecular weight excluding hydrogens is 258 g/mol. The molecule has 0 aliphatic heterocycles. The van der Waals surface area contributed by atoms with Gasteiger partial charge in [0.2, 0.25) is 0 Å². The molecule has 2 N–H and O–H groups in total. The molecule has 0 amide bonds. The van der Waals surface area contributed by atoms with Crippen LogP contribution in [0.15, 0.2) is 24.3 Å². The van der Waals surface area contributed by atoms with Crippen LogP contribution in [0, 0.1) is 13.8 Å². The average Bonchev–Trinajstić information content (AvgIpc) is 2.69. The van der Waals surface area contributed by atoms with Crippen LogP contribution in [0.4, 0.5) is 0 Å². The molecular formula is C15H20ClN3. The molecule has 0 fully saturated rings. The maximum atomic E-state index is 6.33. The molecule has 1 unspecified atom stereocenters.